The first kappa shape index (κ1) is 18.4. The minimum atomic E-state index is -0.614. The van der Waals surface area contributed by atoms with Crippen LogP contribution in [0.25, 0.3) is 5.69 Å². The zero-order valence-corrected chi connectivity index (χ0v) is 17.4. The molecule has 146 valence electrons. The van der Waals surface area contributed by atoms with Gasteiger partial charge >= 0.3 is 12.0 Å². The number of aromatic nitrogens is 2. The van der Waals surface area contributed by atoms with Crippen LogP contribution in [0.1, 0.15) is 43.6 Å². The largest absolute Gasteiger partial charge is 0.406 e. The van der Waals surface area contributed by atoms with Crippen LogP contribution in [0.15, 0.2) is 29.4 Å². The maximum absolute atomic E-state index is 12.9. The van der Waals surface area contributed by atoms with E-state index in [9.17, 15) is 9.59 Å². The molecule has 1 saturated heterocycles. The zero-order valence-electron chi connectivity index (χ0n) is 17.4. The first-order chi connectivity index (χ1) is 13.0. The van der Waals surface area contributed by atoms with Crippen molar-refractivity contribution in [3.8, 4) is 5.69 Å². The van der Waals surface area contributed by atoms with Crippen LogP contribution in [0, 0.1) is 13.8 Å². The fraction of sp³-hybridized carbons (Fsp3) is 0.429. The van der Waals surface area contributed by atoms with Crippen molar-refractivity contribution in [3.05, 3.63) is 41.2 Å². The first-order valence-electron chi connectivity index (χ1n) is 9.41. The highest BCUT2D eigenvalue weighted by Gasteiger charge is 2.53. The van der Waals surface area contributed by atoms with Crippen molar-refractivity contribution < 1.29 is 14.2 Å². The molecular weight excluding hydrogens is 354 g/mol. The lowest BCUT2D eigenvalue weighted by Gasteiger charge is -2.30. The summed E-state index contributed by atoms with van der Waals surface area (Å²) in [6.45, 7) is 10.6. The third-order valence-electron chi connectivity index (χ3n) is 5.67. The molecule has 4 rings (SSSR count). The van der Waals surface area contributed by atoms with Crippen molar-refractivity contribution in [2.75, 3.05) is 14.1 Å². The Labute approximate surface area is 164 Å². The van der Waals surface area contributed by atoms with E-state index < -0.39 is 6.04 Å². The molecule has 7 heteroatoms. The summed E-state index contributed by atoms with van der Waals surface area (Å²) in [4.78, 5) is 32.6. The molecule has 0 N–H and O–H groups in total. The van der Waals surface area contributed by atoms with Gasteiger partial charge in [0, 0.05) is 19.5 Å². The van der Waals surface area contributed by atoms with Gasteiger partial charge < -0.3 is 0 Å². The maximum atomic E-state index is 12.9. The highest BCUT2D eigenvalue weighted by Crippen LogP contribution is 2.35. The lowest BCUT2D eigenvalue weighted by atomic mass is 9.92. The highest BCUT2D eigenvalue weighted by atomic mass is 16.2. The van der Waals surface area contributed by atoms with Gasteiger partial charge in [0.2, 0.25) is 11.9 Å². The number of carbonyl (C=O) groups excluding carboxylic acids is 2. The second kappa shape index (κ2) is 5.77. The summed E-state index contributed by atoms with van der Waals surface area (Å²) in [6, 6.07) is 5.33. The van der Waals surface area contributed by atoms with E-state index >= 15 is 0 Å². The number of urea groups is 1. The molecule has 3 heterocycles. The van der Waals surface area contributed by atoms with Crippen LogP contribution in [0.3, 0.4) is 0 Å². The van der Waals surface area contributed by atoms with E-state index in [2.05, 4.69) is 57.4 Å². The molecule has 0 aliphatic carbocycles. The van der Waals surface area contributed by atoms with Gasteiger partial charge in [-0.2, -0.15) is 4.57 Å². The molecule has 28 heavy (non-hydrogen) atoms. The van der Waals surface area contributed by atoms with E-state index in [1.807, 2.05) is 10.8 Å². The normalized spacial score (nSPS) is 19.1. The average Bonchev–Trinajstić information content (AvgIpc) is 3.16. The quantitative estimate of drug-likeness (QED) is 0.714. The number of aliphatic imine (C=N–C) groups is 1. The number of fused-ring (bicyclic) bond motifs is 3. The van der Waals surface area contributed by atoms with Gasteiger partial charge in [0.15, 0.2) is 0 Å². The van der Waals surface area contributed by atoms with E-state index in [0.29, 0.717) is 11.8 Å². The molecule has 1 aromatic heterocycles. The Morgan fingerprint density at radius 2 is 1.71 bits per heavy atom. The number of benzene rings is 1. The monoisotopic (exact) mass is 380 g/mol. The number of carbonyl (C=O) groups is 2. The molecule has 1 aromatic carbocycles. The van der Waals surface area contributed by atoms with Crippen molar-refractivity contribution in [2.24, 2.45) is 4.99 Å². The van der Waals surface area contributed by atoms with Crippen molar-refractivity contribution in [1.29, 1.82) is 0 Å². The molecule has 0 bridgehead atoms. The molecule has 0 spiro atoms. The summed E-state index contributed by atoms with van der Waals surface area (Å²) in [5, 5.41) is 0. The van der Waals surface area contributed by atoms with Gasteiger partial charge in [-0.25, -0.2) is 9.36 Å². The Kier molecular flexibility index (Phi) is 3.79. The summed E-state index contributed by atoms with van der Waals surface area (Å²) >= 11 is 0. The maximum Gasteiger partial charge on any atom is 0.406 e. The third kappa shape index (κ3) is 2.42. The molecule has 7 nitrogen and oxygen atoms in total. The first-order valence-corrected chi connectivity index (χ1v) is 9.41. The fourth-order valence-corrected chi connectivity index (χ4v) is 3.79. The Hall–Kier alpha value is -2.96. The Morgan fingerprint density at radius 3 is 2.32 bits per heavy atom. The molecule has 0 radical (unpaired) electrons. The Bertz CT molecular complexity index is 1060. The number of imide groups is 1. The van der Waals surface area contributed by atoms with E-state index in [4.69, 9.17) is 4.99 Å². The van der Waals surface area contributed by atoms with Gasteiger partial charge in [-0.1, -0.05) is 31.8 Å². The standard InChI is InChI=1S/C21H26N5O2/c1-12-8-9-14(10-13(12)2)26-15(21(3,4)5)11-25-16-17(22-19(25)26)23(6)20(28)24(7)18(16)27/h8-11,16H,1-7H3/q+1. The van der Waals surface area contributed by atoms with E-state index in [1.165, 1.54) is 23.1 Å². The molecule has 2 aromatic rings. The van der Waals surface area contributed by atoms with Crippen LogP contribution in [0.5, 0.6) is 0 Å². The van der Waals surface area contributed by atoms with Gasteiger partial charge in [-0.3, -0.25) is 14.6 Å². The zero-order chi connectivity index (χ0) is 20.5. The number of imidazole rings is 1. The van der Waals surface area contributed by atoms with Crippen molar-refractivity contribution in [1.82, 2.24) is 14.4 Å². The molecule has 3 amide bonds. The summed E-state index contributed by atoms with van der Waals surface area (Å²) in [5.41, 5.74) is 4.32. The minimum absolute atomic E-state index is 0.156. The topological polar surface area (TPSA) is 61.8 Å². The SMILES string of the molecule is Cc1ccc(-n2c(C(C)(C)C)c[n+]3c2N=C2C3C(=O)N(C)C(=O)N2C)cc1C. The van der Waals surface area contributed by atoms with E-state index in [-0.39, 0.29) is 17.4 Å². The molecule has 1 unspecified atom stereocenters. The average molecular weight is 380 g/mol. The number of amidine groups is 1. The predicted molar refractivity (Wildman–Crippen MR) is 106 cm³/mol. The second-order valence-electron chi connectivity index (χ2n) is 8.69. The van der Waals surface area contributed by atoms with Crippen molar-refractivity contribution >= 4 is 23.7 Å². The van der Waals surface area contributed by atoms with E-state index in [0.717, 1.165) is 16.3 Å². The number of amides is 3. The molecule has 0 saturated carbocycles. The number of likely N-dealkylation sites (N-methyl/N-ethyl adjacent to an activating group) is 2. The lowest BCUT2D eigenvalue weighted by Crippen LogP contribution is -2.61. The van der Waals surface area contributed by atoms with Crippen LogP contribution >= 0.6 is 0 Å². The molecule has 2 aliphatic rings. The molecule has 2 aliphatic heterocycles. The van der Waals surface area contributed by atoms with E-state index in [1.54, 1.807) is 7.05 Å². The number of nitrogens with zero attached hydrogens (tertiary/aromatic N) is 5. The van der Waals surface area contributed by atoms with Gasteiger partial charge in [-0.15, -0.1) is 0 Å². The molecule has 1 fully saturated rings. The lowest BCUT2D eigenvalue weighted by molar-refractivity contribution is -0.676. The number of rotatable bonds is 1. The van der Waals surface area contributed by atoms with Crippen LogP contribution in [-0.2, 0) is 10.2 Å². The Balaban J connectivity index is 1.99. The summed E-state index contributed by atoms with van der Waals surface area (Å²) < 4.78 is 4.00. The minimum Gasteiger partial charge on any atom is -0.270 e. The van der Waals surface area contributed by atoms with Gasteiger partial charge in [0.25, 0.3) is 5.91 Å². The predicted octanol–water partition coefficient (Wildman–Crippen LogP) is 2.79. The summed E-state index contributed by atoms with van der Waals surface area (Å²) in [5.74, 6) is 0.876. The summed E-state index contributed by atoms with van der Waals surface area (Å²) in [6.07, 6.45) is 2.00. The van der Waals surface area contributed by atoms with Crippen molar-refractivity contribution in [3.63, 3.8) is 0 Å². The van der Waals surface area contributed by atoms with Gasteiger partial charge in [0.1, 0.15) is 17.6 Å². The van der Waals surface area contributed by atoms with Gasteiger partial charge in [0.05, 0.1) is 0 Å². The van der Waals surface area contributed by atoms with Gasteiger partial charge in [-0.05, 0) is 37.1 Å². The van der Waals surface area contributed by atoms with Crippen LogP contribution in [-0.4, -0.2) is 46.2 Å². The summed E-state index contributed by atoms with van der Waals surface area (Å²) in [7, 11) is 3.18. The second-order valence-corrected chi connectivity index (χ2v) is 8.69. The number of hydrogen-bond acceptors (Lipinski definition) is 3. The smallest absolute Gasteiger partial charge is 0.270 e. The van der Waals surface area contributed by atoms with Crippen LogP contribution in [0.4, 0.5) is 10.7 Å². The fourth-order valence-electron chi connectivity index (χ4n) is 3.79. The third-order valence-corrected chi connectivity index (χ3v) is 5.67. The van der Waals surface area contributed by atoms with Crippen molar-refractivity contribution in [2.45, 2.75) is 46.1 Å². The number of hydrogen-bond donors (Lipinski definition) is 0. The number of aryl methyl sites for hydroxylation is 2. The highest BCUT2D eigenvalue weighted by molar-refractivity contribution is 6.18. The molecule has 1 atom stereocenters. The molecular formula is C21H26N5O2+. The van der Waals surface area contributed by atoms with Crippen LogP contribution in [0.2, 0.25) is 0 Å². The van der Waals surface area contributed by atoms with Crippen LogP contribution < -0.4 is 4.57 Å². The Morgan fingerprint density at radius 1 is 1.04 bits per heavy atom.